The molecule has 1 atom stereocenters. The van der Waals surface area contributed by atoms with Crippen LogP contribution in [0.4, 0.5) is 0 Å². The molecule has 122 valence electrons. The number of hydrogen-bond acceptors (Lipinski definition) is 5. The summed E-state index contributed by atoms with van der Waals surface area (Å²) < 4.78 is 27.9. The number of rotatable bonds is 10. The van der Waals surface area contributed by atoms with Crippen LogP contribution in [0.25, 0.3) is 0 Å². The van der Waals surface area contributed by atoms with Crippen molar-refractivity contribution in [2.75, 3.05) is 18.1 Å². The quantitative estimate of drug-likeness (QED) is 0.637. The second kappa shape index (κ2) is 9.15. The summed E-state index contributed by atoms with van der Waals surface area (Å²) in [6, 6.07) is 1.72. The summed E-state index contributed by atoms with van der Waals surface area (Å²) in [4.78, 5) is 1.10. The van der Waals surface area contributed by atoms with Crippen LogP contribution in [0.2, 0.25) is 0 Å². The first-order valence-electron chi connectivity index (χ1n) is 7.30. The van der Waals surface area contributed by atoms with Crippen LogP contribution in [0.5, 0.6) is 0 Å². The van der Waals surface area contributed by atoms with E-state index in [0.29, 0.717) is 4.21 Å². The van der Waals surface area contributed by atoms with Crippen molar-refractivity contribution in [2.45, 2.75) is 50.9 Å². The zero-order valence-corrected chi connectivity index (χ0v) is 15.7. The van der Waals surface area contributed by atoms with E-state index in [4.69, 9.17) is 0 Å². The standard InChI is InChI=1S/C14H26N2O2S3/c1-5-7-15-9-13-11(3)8-14(20-13)21(17,18)16-12(4)10-19-6-2/h8,12,15-16H,5-7,9-10H2,1-4H3. The lowest BCUT2D eigenvalue weighted by Gasteiger charge is -2.12. The van der Waals surface area contributed by atoms with E-state index in [0.717, 1.165) is 41.5 Å². The normalized spacial score (nSPS) is 13.5. The minimum Gasteiger partial charge on any atom is -0.312 e. The Hall–Kier alpha value is -0.0800. The molecule has 1 heterocycles. The molecule has 0 aliphatic carbocycles. The summed E-state index contributed by atoms with van der Waals surface area (Å²) in [6.07, 6.45) is 1.07. The van der Waals surface area contributed by atoms with E-state index in [2.05, 4.69) is 23.9 Å². The van der Waals surface area contributed by atoms with Crippen molar-refractivity contribution >= 4 is 33.1 Å². The van der Waals surface area contributed by atoms with Gasteiger partial charge in [-0.2, -0.15) is 11.8 Å². The number of nitrogens with one attached hydrogen (secondary N) is 2. The van der Waals surface area contributed by atoms with E-state index in [1.807, 2.05) is 13.8 Å². The topological polar surface area (TPSA) is 58.2 Å². The largest absolute Gasteiger partial charge is 0.312 e. The smallest absolute Gasteiger partial charge is 0.250 e. The molecule has 1 rings (SSSR count). The van der Waals surface area contributed by atoms with Crippen LogP contribution in [0.1, 0.15) is 37.6 Å². The van der Waals surface area contributed by atoms with Gasteiger partial charge in [-0.25, -0.2) is 13.1 Å². The maximum absolute atomic E-state index is 12.4. The molecule has 0 saturated heterocycles. The van der Waals surface area contributed by atoms with E-state index in [1.54, 1.807) is 17.8 Å². The lowest BCUT2D eigenvalue weighted by molar-refractivity contribution is 0.573. The molecule has 21 heavy (non-hydrogen) atoms. The average molecular weight is 351 g/mol. The lowest BCUT2D eigenvalue weighted by Crippen LogP contribution is -2.33. The van der Waals surface area contributed by atoms with E-state index >= 15 is 0 Å². The molecule has 2 N–H and O–H groups in total. The van der Waals surface area contributed by atoms with Crippen molar-refractivity contribution < 1.29 is 8.42 Å². The van der Waals surface area contributed by atoms with Gasteiger partial charge in [0.1, 0.15) is 4.21 Å². The summed E-state index contributed by atoms with van der Waals surface area (Å²) in [5.41, 5.74) is 1.04. The average Bonchev–Trinajstić information content (AvgIpc) is 2.79. The zero-order chi connectivity index (χ0) is 15.9. The number of thioether (sulfide) groups is 1. The number of thiophene rings is 1. The SMILES string of the molecule is CCCNCc1sc(S(=O)(=O)NC(C)CSCC)cc1C. The number of sulfonamides is 1. The molecule has 7 heteroatoms. The highest BCUT2D eigenvalue weighted by atomic mass is 32.2. The minimum absolute atomic E-state index is 0.0518. The third-order valence-electron chi connectivity index (χ3n) is 2.90. The molecule has 0 radical (unpaired) electrons. The summed E-state index contributed by atoms with van der Waals surface area (Å²) >= 11 is 3.10. The van der Waals surface area contributed by atoms with Crippen molar-refractivity contribution in [1.29, 1.82) is 0 Å². The molecule has 1 aromatic heterocycles. The molecule has 0 bridgehead atoms. The van der Waals surface area contributed by atoms with Gasteiger partial charge in [0.25, 0.3) is 0 Å². The van der Waals surface area contributed by atoms with Gasteiger partial charge in [0, 0.05) is 23.2 Å². The Morgan fingerprint density at radius 3 is 2.71 bits per heavy atom. The first kappa shape index (κ1) is 19.0. The fraction of sp³-hybridized carbons (Fsp3) is 0.714. The van der Waals surface area contributed by atoms with Gasteiger partial charge < -0.3 is 5.32 Å². The highest BCUT2D eigenvalue weighted by molar-refractivity contribution is 7.99. The van der Waals surface area contributed by atoms with Gasteiger partial charge in [-0.1, -0.05) is 13.8 Å². The fourth-order valence-electron chi connectivity index (χ4n) is 1.83. The Bertz CT molecular complexity index is 526. The molecule has 0 saturated carbocycles. The van der Waals surface area contributed by atoms with Crippen LogP contribution < -0.4 is 10.0 Å². The highest BCUT2D eigenvalue weighted by Crippen LogP contribution is 2.26. The van der Waals surface area contributed by atoms with E-state index in [9.17, 15) is 8.42 Å². The Morgan fingerprint density at radius 1 is 1.38 bits per heavy atom. The van der Waals surface area contributed by atoms with Crippen molar-refractivity contribution in [3.05, 3.63) is 16.5 Å². The number of hydrogen-bond donors (Lipinski definition) is 2. The molecule has 0 amide bonds. The Labute approximate surface area is 137 Å². The van der Waals surface area contributed by atoms with Gasteiger partial charge in [-0.3, -0.25) is 0 Å². The van der Waals surface area contributed by atoms with E-state index in [1.165, 1.54) is 11.3 Å². The van der Waals surface area contributed by atoms with Gasteiger partial charge in [0.15, 0.2) is 0 Å². The molecule has 4 nitrogen and oxygen atoms in total. The molecular weight excluding hydrogens is 324 g/mol. The summed E-state index contributed by atoms with van der Waals surface area (Å²) in [6.45, 7) is 9.75. The van der Waals surface area contributed by atoms with E-state index < -0.39 is 10.0 Å². The van der Waals surface area contributed by atoms with Crippen LogP contribution in [0, 0.1) is 6.92 Å². The van der Waals surface area contributed by atoms with Gasteiger partial charge in [-0.15, -0.1) is 11.3 Å². The first-order chi connectivity index (χ1) is 9.90. The molecule has 0 aliphatic rings. The van der Waals surface area contributed by atoms with Crippen LogP contribution >= 0.6 is 23.1 Å². The predicted molar refractivity (Wildman–Crippen MR) is 93.8 cm³/mol. The Morgan fingerprint density at radius 2 is 2.10 bits per heavy atom. The summed E-state index contributed by atoms with van der Waals surface area (Å²) in [7, 11) is -3.39. The predicted octanol–water partition coefficient (Wildman–Crippen LogP) is 2.98. The van der Waals surface area contributed by atoms with Crippen LogP contribution in [0.15, 0.2) is 10.3 Å². The van der Waals surface area contributed by atoms with Crippen molar-refractivity contribution in [3.8, 4) is 0 Å². The summed E-state index contributed by atoms with van der Waals surface area (Å²) in [5.74, 6) is 1.79. The van der Waals surface area contributed by atoms with Crippen molar-refractivity contribution in [2.24, 2.45) is 0 Å². The van der Waals surface area contributed by atoms with Gasteiger partial charge >= 0.3 is 0 Å². The third-order valence-corrected chi connectivity index (χ3v) is 7.35. The molecule has 0 aliphatic heterocycles. The van der Waals surface area contributed by atoms with Crippen LogP contribution in [-0.2, 0) is 16.6 Å². The van der Waals surface area contributed by atoms with Crippen LogP contribution in [0.3, 0.4) is 0 Å². The number of aryl methyl sites for hydroxylation is 1. The first-order valence-corrected chi connectivity index (χ1v) is 10.8. The monoisotopic (exact) mass is 350 g/mol. The molecule has 1 aromatic rings. The second-order valence-corrected chi connectivity index (χ2v) is 9.43. The van der Waals surface area contributed by atoms with E-state index in [-0.39, 0.29) is 6.04 Å². The zero-order valence-electron chi connectivity index (χ0n) is 13.2. The van der Waals surface area contributed by atoms with Crippen LogP contribution in [-0.4, -0.2) is 32.5 Å². The van der Waals surface area contributed by atoms with Crippen molar-refractivity contribution in [3.63, 3.8) is 0 Å². The Kier molecular flexibility index (Phi) is 8.26. The third kappa shape index (κ3) is 6.28. The lowest BCUT2D eigenvalue weighted by atomic mass is 10.3. The molecular formula is C14H26N2O2S3. The minimum atomic E-state index is -3.39. The highest BCUT2D eigenvalue weighted by Gasteiger charge is 2.20. The summed E-state index contributed by atoms with van der Waals surface area (Å²) in [5, 5.41) is 3.32. The van der Waals surface area contributed by atoms with Gasteiger partial charge in [0.2, 0.25) is 10.0 Å². The fourth-order valence-corrected chi connectivity index (χ4v) is 5.42. The molecule has 0 aromatic carbocycles. The molecule has 0 spiro atoms. The Balaban J connectivity index is 2.72. The van der Waals surface area contributed by atoms with Gasteiger partial charge in [-0.05, 0) is 44.2 Å². The molecule has 0 fully saturated rings. The molecule has 1 unspecified atom stereocenters. The second-order valence-electron chi connectivity index (χ2n) is 5.03. The maximum atomic E-state index is 12.4. The van der Waals surface area contributed by atoms with Crippen molar-refractivity contribution in [1.82, 2.24) is 10.0 Å². The maximum Gasteiger partial charge on any atom is 0.250 e. The van der Waals surface area contributed by atoms with Gasteiger partial charge in [0.05, 0.1) is 0 Å².